The summed E-state index contributed by atoms with van der Waals surface area (Å²) in [5.41, 5.74) is 5.41. The van der Waals surface area contributed by atoms with Crippen molar-refractivity contribution in [2.45, 2.75) is 26.8 Å². The standard InChI is InChI=1S/C10H21N3O2/c1-7(2)5-12-9(14)6-13(4)10(15)8(3)11/h7-8H,5-6,11H2,1-4H3,(H,12,14). The minimum absolute atomic E-state index is 0.0626. The molecule has 0 radical (unpaired) electrons. The predicted octanol–water partition coefficient (Wildman–Crippen LogP) is -0.436. The average Bonchev–Trinajstić information content (AvgIpc) is 2.13. The molecule has 0 bridgehead atoms. The highest BCUT2D eigenvalue weighted by Gasteiger charge is 2.15. The van der Waals surface area contributed by atoms with Crippen LogP contribution in [0.3, 0.4) is 0 Å². The maximum absolute atomic E-state index is 11.3. The summed E-state index contributed by atoms with van der Waals surface area (Å²) in [5.74, 6) is 0.0262. The molecule has 0 heterocycles. The smallest absolute Gasteiger partial charge is 0.239 e. The molecule has 2 amide bonds. The summed E-state index contributed by atoms with van der Waals surface area (Å²) in [6.07, 6.45) is 0. The summed E-state index contributed by atoms with van der Waals surface area (Å²) in [6, 6.07) is -0.562. The van der Waals surface area contributed by atoms with Gasteiger partial charge in [-0.15, -0.1) is 0 Å². The van der Waals surface area contributed by atoms with Gasteiger partial charge in [-0.1, -0.05) is 13.8 Å². The van der Waals surface area contributed by atoms with Gasteiger partial charge in [0, 0.05) is 13.6 Å². The molecule has 3 N–H and O–H groups in total. The van der Waals surface area contributed by atoms with Crippen LogP contribution in [0.2, 0.25) is 0 Å². The molecule has 0 fully saturated rings. The van der Waals surface area contributed by atoms with Crippen molar-refractivity contribution in [1.82, 2.24) is 10.2 Å². The number of nitrogens with one attached hydrogen (secondary N) is 1. The SMILES string of the molecule is CC(C)CNC(=O)CN(C)C(=O)C(C)N. The van der Waals surface area contributed by atoms with Gasteiger partial charge in [0.25, 0.3) is 0 Å². The Bertz CT molecular complexity index is 227. The van der Waals surface area contributed by atoms with E-state index in [2.05, 4.69) is 5.32 Å². The van der Waals surface area contributed by atoms with Crippen LogP contribution in [0.5, 0.6) is 0 Å². The molecule has 15 heavy (non-hydrogen) atoms. The quantitative estimate of drug-likeness (QED) is 0.653. The molecule has 5 heteroatoms. The van der Waals surface area contributed by atoms with Crippen molar-refractivity contribution in [3.8, 4) is 0 Å². The van der Waals surface area contributed by atoms with Crippen LogP contribution in [0, 0.1) is 5.92 Å². The zero-order chi connectivity index (χ0) is 12.0. The third-order valence-corrected chi connectivity index (χ3v) is 1.85. The normalized spacial score (nSPS) is 12.4. The monoisotopic (exact) mass is 215 g/mol. The van der Waals surface area contributed by atoms with Crippen molar-refractivity contribution in [1.29, 1.82) is 0 Å². The fourth-order valence-electron chi connectivity index (χ4n) is 1.01. The Morgan fingerprint density at radius 2 is 1.87 bits per heavy atom. The maximum Gasteiger partial charge on any atom is 0.239 e. The fraction of sp³-hybridized carbons (Fsp3) is 0.800. The van der Waals surface area contributed by atoms with Gasteiger partial charge < -0.3 is 16.0 Å². The van der Waals surface area contributed by atoms with Gasteiger partial charge >= 0.3 is 0 Å². The number of nitrogens with zero attached hydrogens (tertiary/aromatic N) is 1. The van der Waals surface area contributed by atoms with Crippen molar-refractivity contribution >= 4 is 11.8 Å². The zero-order valence-corrected chi connectivity index (χ0v) is 9.91. The molecule has 0 aliphatic rings. The number of carbonyl (C=O) groups excluding carboxylic acids is 2. The molecule has 0 saturated carbocycles. The molecule has 0 spiro atoms. The Morgan fingerprint density at radius 1 is 1.33 bits per heavy atom. The van der Waals surface area contributed by atoms with E-state index in [0.717, 1.165) is 0 Å². The molecule has 0 aliphatic carbocycles. The van der Waals surface area contributed by atoms with Gasteiger partial charge in [-0.2, -0.15) is 0 Å². The van der Waals surface area contributed by atoms with Crippen molar-refractivity contribution in [2.75, 3.05) is 20.1 Å². The first-order valence-corrected chi connectivity index (χ1v) is 5.11. The molecule has 1 unspecified atom stereocenters. The topological polar surface area (TPSA) is 75.4 Å². The lowest BCUT2D eigenvalue weighted by molar-refractivity contribution is -0.135. The minimum atomic E-state index is -0.562. The van der Waals surface area contributed by atoms with Crippen LogP contribution < -0.4 is 11.1 Å². The zero-order valence-electron chi connectivity index (χ0n) is 9.91. The molecule has 0 aromatic heterocycles. The van der Waals surface area contributed by atoms with E-state index in [4.69, 9.17) is 5.73 Å². The lowest BCUT2D eigenvalue weighted by Crippen LogP contribution is -2.45. The number of nitrogens with two attached hydrogens (primary N) is 1. The maximum atomic E-state index is 11.3. The van der Waals surface area contributed by atoms with Crippen molar-refractivity contribution in [3.63, 3.8) is 0 Å². The van der Waals surface area contributed by atoms with E-state index in [-0.39, 0.29) is 18.4 Å². The summed E-state index contributed by atoms with van der Waals surface area (Å²) in [6.45, 7) is 6.31. The van der Waals surface area contributed by atoms with E-state index in [1.807, 2.05) is 13.8 Å². The van der Waals surface area contributed by atoms with Crippen LogP contribution in [0.1, 0.15) is 20.8 Å². The summed E-state index contributed by atoms with van der Waals surface area (Å²) in [4.78, 5) is 24.0. The largest absolute Gasteiger partial charge is 0.354 e. The van der Waals surface area contributed by atoms with Gasteiger partial charge in [0.2, 0.25) is 11.8 Å². The lowest BCUT2D eigenvalue weighted by Gasteiger charge is -2.19. The van der Waals surface area contributed by atoms with E-state index < -0.39 is 6.04 Å². The lowest BCUT2D eigenvalue weighted by atomic mass is 10.2. The number of amides is 2. The molecule has 0 aliphatic heterocycles. The Balaban J connectivity index is 3.91. The second kappa shape index (κ2) is 6.40. The Labute approximate surface area is 91.0 Å². The predicted molar refractivity (Wildman–Crippen MR) is 59.1 cm³/mol. The first kappa shape index (κ1) is 13.9. The molecule has 0 rings (SSSR count). The molecule has 0 saturated heterocycles. The molecule has 88 valence electrons. The van der Waals surface area contributed by atoms with E-state index >= 15 is 0 Å². The van der Waals surface area contributed by atoms with Gasteiger partial charge in [-0.3, -0.25) is 9.59 Å². The van der Waals surface area contributed by atoms with E-state index in [1.165, 1.54) is 4.90 Å². The van der Waals surface area contributed by atoms with Crippen LogP contribution in [0.25, 0.3) is 0 Å². The van der Waals surface area contributed by atoms with Crippen LogP contribution in [-0.2, 0) is 9.59 Å². The second-order valence-electron chi connectivity index (χ2n) is 4.18. The van der Waals surface area contributed by atoms with Crippen LogP contribution in [-0.4, -0.2) is 42.9 Å². The van der Waals surface area contributed by atoms with E-state index in [1.54, 1.807) is 14.0 Å². The molecular formula is C10H21N3O2. The summed E-state index contributed by atoms with van der Waals surface area (Å²) in [7, 11) is 1.57. The third kappa shape index (κ3) is 6.06. The second-order valence-corrected chi connectivity index (χ2v) is 4.18. The van der Waals surface area contributed by atoms with Crippen molar-refractivity contribution < 1.29 is 9.59 Å². The van der Waals surface area contributed by atoms with Crippen LogP contribution in [0.4, 0.5) is 0 Å². The summed E-state index contributed by atoms with van der Waals surface area (Å²) in [5, 5.41) is 2.73. The first-order chi connectivity index (χ1) is 6.84. The van der Waals surface area contributed by atoms with Crippen molar-refractivity contribution in [2.24, 2.45) is 11.7 Å². The number of hydrogen-bond acceptors (Lipinski definition) is 3. The van der Waals surface area contributed by atoms with Crippen molar-refractivity contribution in [3.05, 3.63) is 0 Å². The number of hydrogen-bond donors (Lipinski definition) is 2. The first-order valence-electron chi connectivity index (χ1n) is 5.11. The molecule has 1 atom stereocenters. The third-order valence-electron chi connectivity index (χ3n) is 1.85. The minimum Gasteiger partial charge on any atom is -0.354 e. The summed E-state index contributed by atoms with van der Waals surface area (Å²) >= 11 is 0. The number of likely N-dealkylation sites (N-methyl/N-ethyl adjacent to an activating group) is 1. The van der Waals surface area contributed by atoms with E-state index in [9.17, 15) is 9.59 Å². The average molecular weight is 215 g/mol. The highest BCUT2D eigenvalue weighted by Crippen LogP contribution is 1.90. The van der Waals surface area contributed by atoms with Crippen LogP contribution >= 0.6 is 0 Å². The Morgan fingerprint density at radius 3 is 2.27 bits per heavy atom. The van der Waals surface area contributed by atoms with Crippen LogP contribution in [0.15, 0.2) is 0 Å². The highest BCUT2D eigenvalue weighted by atomic mass is 16.2. The highest BCUT2D eigenvalue weighted by molar-refractivity contribution is 5.86. The van der Waals surface area contributed by atoms with Gasteiger partial charge in [-0.25, -0.2) is 0 Å². The Kier molecular flexibility index (Phi) is 5.93. The van der Waals surface area contributed by atoms with Gasteiger partial charge in [0.05, 0.1) is 12.6 Å². The number of rotatable bonds is 5. The number of carbonyl (C=O) groups is 2. The molecule has 0 aromatic rings. The van der Waals surface area contributed by atoms with Gasteiger partial charge in [-0.05, 0) is 12.8 Å². The molecule has 0 aromatic carbocycles. The van der Waals surface area contributed by atoms with Gasteiger partial charge in [0.15, 0.2) is 0 Å². The molecular weight excluding hydrogens is 194 g/mol. The summed E-state index contributed by atoms with van der Waals surface area (Å²) < 4.78 is 0. The van der Waals surface area contributed by atoms with Gasteiger partial charge in [0.1, 0.15) is 0 Å². The Hall–Kier alpha value is -1.10. The fourth-order valence-corrected chi connectivity index (χ4v) is 1.01. The van der Waals surface area contributed by atoms with E-state index in [0.29, 0.717) is 12.5 Å². The molecule has 5 nitrogen and oxygen atoms in total.